The van der Waals surface area contributed by atoms with Gasteiger partial charge in [0.25, 0.3) is 0 Å². The van der Waals surface area contributed by atoms with Crippen LogP contribution in [-0.2, 0) is 0 Å². The zero-order valence-corrected chi connectivity index (χ0v) is 14.9. The molecule has 0 aliphatic rings. The first kappa shape index (κ1) is 18.0. The molecule has 0 aliphatic carbocycles. The van der Waals surface area contributed by atoms with Crippen molar-refractivity contribution in [1.29, 1.82) is 0 Å². The fourth-order valence-corrected chi connectivity index (χ4v) is 2.37. The van der Waals surface area contributed by atoms with Gasteiger partial charge < -0.3 is 10.1 Å². The molecule has 0 saturated heterocycles. The van der Waals surface area contributed by atoms with Crippen molar-refractivity contribution in [3.05, 3.63) is 29.8 Å². The highest BCUT2D eigenvalue weighted by Gasteiger charge is 2.24. The van der Waals surface area contributed by atoms with E-state index >= 15 is 0 Å². The summed E-state index contributed by atoms with van der Waals surface area (Å²) < 4.78 is 5.83. The quantitative estimate of drug-likeness (QED) is 0.746. The molecule has 0 amide bonds. The molecule has 0 heterocycles. The van der Waals surface area contributed by atoms with Crippen LogP contribution in [0.5, 0.6) is 5.75 Å². The van der Waals surface area contributed by atoms with E-state index < -0.39 is 0 Å². The summed E-state index contributed by atoms with van der Waals surface area (Å²) in [6.45, 7) is 16.6. The van der Waals surface area contributed by atoms with Crippen LogP contribution in [0.4, 0.5) is 0 Å². The first-order valence-corrected chi connectivity index (χ1v) is 8.24. The lowest BCUT2D eigenvalue weighted by atomic mass is 9.77. The Bertz CT molecular complexity index is 420. The molecular formula is C19H33NO. The molecule has 1 aromatic carbocycles. The number of nitrogens with one attached hydrogen (secondary N) is 1. The van der Waals surface area contributed by atoms with Gasteiger partial charge in [-0.05, 0) is 55.8 Å². The van der Waals surface area contributed by atoms with Crippen LogP contribution in [0.25, 0.3) is 0 Å². The molecule has 1 rings (SSSR count). The standard InChI is InChI=1S/C19H33NO/c1-8-20-18(12-15(4)19(5,6)7)16-10-9-11-17(13-16)21-14(2)3/h9-11,13-15,18,20H,8,12H2,1-7H3. The number of rotatable bonds is 7. The van der Waals surface area contributed by atoms with Gasteiger partial charge in [-0.2, -0.15) is 0 Å². The van der Waals surface area contributed by atoms with Crippen molar-refractivity contribution in [3.63, 3.8) is 0 Å². The molecule has 120 valence electrons. The molecule has 0 aromatic heterocycles. The molecule has 0 bridgehead atoms. The van der Waals surface area contributed by atoms with Gasteiger partial charge in [0.15, 0.2) is 0 Å². The normalized spacial score (nSPS) is 15.0. The molecular weight excluding hydrogens is 258 g/mol. The Hall–Kier alpha value is -1.02. The molecule has 1 N–H and O–H groups in total. The van der Waals surface area contributed by atoms with E-state index in [0.29, 0.717) is 17.4 Å². The van der Waals surface area contributed by atoms with Crippen molar-refractivity contribution in [3.8, 4) is 5.75 Å². The van der Waals surface area contributed by atoms with Crippen molar-refractivity contribution in [1.82, 2.24) is 5.32 Å². The minimum absolute atomic E-state index is 0.214. The van der Waals surface area contributed by atoms with Gasteiger partial charge in [0.1, 0.15) is 5.75 Å². The summed E-state index contributed by atoms with van der Waals surface area (Å²) in [6, 6.07) is 8.91. The van der Waals surface area contributed by atoms with Crippen molar-refractivity contribution in [2.24, 2.45) is 11.3 Å². The van der Waals surface area contributed by atoms with Crippen LogP contribution >= 0.6 is 0 Å². The molecule has 2 atom stereocenters. The van der Waals surface area contributed by atoms with E-state index in [4.69, 9.17) is 4.74 Å². The summed E-state index contributed by atoms with van der Waals surface area (Å²) >= 11 is 0. The van der Waals surface area contributed by atoms with E-state index in [-0.39, 0.29) is 6.10 Å². The van der Waals surface area contributed by atoms with Gasteiger partial charge in [0.2, 0.25) is 0 Å². The summed E-state index contributed by atoms with van der Waals surface area (Å²) in [5, 5.41) is 3.63. The zero-order valence-electron chi connectivity index (χ0n) is 14.9. The number of benzene rings is 1. The molecule has 2 heteroatoms. The number of hydrogen-bond acceptors (Lipinski definition) is 2. The maximum absolute atomic E-state index is 5.83. The Morgan fingerprint density at radius 2 is 1.81 bits per heavy atom. The van der Waals surface area contributed by atoms with Crippen LogP contribution in [0.1, 0.15) is 66.5 Å². The highest BCUT2D eigenvalue weighted by atomic mass is 16.5. The molecule has 0 fully saturated rings. The molecule has 2 unspecified atom stereocenters. The molecule has 0 aliphatic heterocycles. The van der Waals surface area contributed by atoms with E-state index in [1.165, 1.54) is 5.56 Å². The van der Waals surface area contributed by atoms with Gasteiger partial charge in [-0.15, -0.1) is 0 Å². The third kappa shape index (κ3) is 6.09. The molecule has 21 heavy (non-hydrogen) atoms. The SMILES string of the molecule is CCNC(CC(C)C(C)(C)C)c1cccc(OC(C)C)c1. The predicted octanol–water partition coefficient (Wildman–Crippen LogP) is 5.20. The van der Waals surface area contributed by atoms with Gasteiger partial charge in [0, 0.05) is 6.04 Å². The summed E-state index contributed by atoms with van der Waals surface area (Å²) in [5.74, 6) is 1.62. The molecule has 2 nitrogen and oxygen atoms in total. The van der Waals surface area contributed by atoms with Gasteiger partial charge >= 0.3 is 0 Å². The third-order valence-corrected chi connectivity index (χ3v) is 4.15. The van der Waals surface area contributed by atoms with E-state index in [0.717, 1.165) is 18.7 Å². The fourth-order valence-electron chi connectivity index (χ4n) is 2.37. The van der Waals surface area contributed by atoms with Gasteiger partial charge in [-0.1, -0.05) is 46.8 Å². The van der Waals surface area contributed by atoms with Crippen LogP contribution in [-0.4, -0.2) is 12.6 Å². The molecule has 0 saturated carbocycles. The van der Waals surface area contributed by atoms with E-state index in [1.807, 2.05) is 6.07 Å². The second-order valence-corrected chi connectivity index (χ2v) is 7.35. The van der Waals surface area contributed by atoms with Gasteiger partial charge in [-0.25, -0.2) is 0 Å². The Balaban J connectivity index is 2.89. The van der Waals surface area contributed by atoms with Gasteiger partial charge in [0.05, 0.1) is 6.10 Å². The third-order valence-electron chi connectivity index (χ3n) is 4.15. The van der Waals surface area contributed by atoms with Crippen LogP contribution in [0.3, 0.4) is 0 Å². The first-order valence-electron chi connectivity index (χ1n) is 8.24. The van der Waals surface area contributed by atoms with Crippen LogP contribution in [0.15, 0.2) is 24.3 Å². The smallest absolute Gasteiger partial charge is 0.120 e. The van der Waals surface area contributed by atoms with Crippen molar-refractivity contribution in [2.45, 2.75) is 67.0 Å². The second-order valence-electron chi connectivity index (χ2n) is 7.35. The zero-order chi connectivity index (χ0) is 16.0. The first-order chi connectivity index (χ1) is 9.74. The number of ether oxygens (including phenoxy) is 1. The summed E-state index contributed by atoms with van der Waals surface area (Å²) in [6.07, 6.45) is 1.36. The van der Waals surface area contributed by atoms with Crippen molar-refractivity contribution >= 4 is 0 Å². The average molecular weight is 291 g/mol. The Labute approximate surface area is 131 Å². The van der Waals surface area contributed by atoms with E-state index in [2.05, 4.69) is 72.0 Å². The lowest BCUT2D eigenvalue weighted by molar-refractivity contribution is 0.223. The van der Waals surface area contributed by atoms with Crippen molar-refractivity contribution < 1.29 is 4.74 Å². The molecule has 0 spiro atoms. The lowest BCUT2D eigenvalue weighted by Gasteiger charge is -2.31. The van der Waals surface area contributed by atoms with Crippen LogP contribution in [0.2, 0.25) is 0 Å². The molecule has 1 aromatic rings. The van der Waals surface area contributed by atoms with Crippen LogP contribution < -0.4 is 10.1 Å². The lowest BCUT2D eigenvalue weighted by Crippen LogP contribution is -2.27. The topological polar surface area (TPSA) is 21.3 Å². The van der Waals surface area contributed by atoms with Crippen molar-refractivity contribution in [2.75, 3.05) is 6.54 Å². The summed E-state index contributed by atoms with van der Waals surface area (Å²) in [5.41, 5.74) is 1.66. The largest absolute Gasteiger partial charge is 0.491 e. The highest BCUT2D eigenvalue weighted by Crippen LogP contribution is 2.34. The van der Waals surface area contributed by atoms with E-state index in [9.17, 15) is 0 Å². The van der Waals surface area contributed by atoms with Crippen LogP contribution in [0, 0.1) is 11.3 Å². The Morgan fingerprint density at radius 1 is 1.14 bits per heavy atom. The minimum atomic E-state index is 0.214. The second kappa shape index (κ2) is 7.84. The molecule has 0 radical (unpaired) electrons. The fraction of sp³-hybridized carbons (Fsp3) is 0.684. The maximum Gasteiger partial charge on any atom is 0.120 e. The Kier molecular flexibility index (Phi) is 6.73. The summed E-state index contributed by atoms with van der Waals surface area (Å²) in [7, 11) is 0. The monoisotopic (exact) mass is 291 g/mol. The maximum atomic E-state index is 5.83. The Morgan fingerprint density at radius 3 is 2.33 bits per heavy atom. The summed E-state index contributed by atoms with van der Waals surface area (Å²) in [4.78, 5) is 0. The predicted molar refractivity (Wildman–Crippen MR) is 91.9 cm³/mol. The number of hydrogen-bond donors (Lipinski definition) is 1. The van der Waals surface area contributed by atoms with E-state index in [1.54, 1.807) is 0 Å². The van der Waals surface area contributed by atoms with Gasteiger partial charge in [-0.3, -0.25) is 0 Å². The average Bonchev–Trinajstić information content (AvgIpc) is 2.36. The minimum Gasteiger partial charge on any atom is -0.491 e. The highest BCUT2D eigenvalue weighted by molar-refractivity contribution is 5.31.